The fraction of sp³-hybridized carbons (Fsp3) is 0.267. The fourth-order valence-electron chi connectivity index (χ4n) is 1.65. The maximum absolute atomic E-state index is 5.73. The predicted molar refractivity (Wildman–Crippen MR) is 72.7 cm³/mol. The number of nitrogens with zero attached hydrogens (tertiary/aromatic N) is 1. The number of benzene rings is 1. The van der Waals surface area contributed by atoms with Crippen molar-refractivity contribution in [3.8, 4) is 17.4 Å². The van der Waals surface area contributed by atoms with Crippen molar-refractivity contribution < 1.29 is 14.2 Å². The van der Waals surface area contributed by atoms with Crippen LogP contribution in [-0.4, -0.2) is 18.7 Å². The zero-order chi connectivity index (χ0) is 13.5. The first-order chi connectivity index (χ1) is 9.33. The van der Waals surface area contributed by atoms with Crippen LogP contribution in [0.2, 0.25) is 0 Å². The van der Waals surface area contributed by atoms with Crippen LogP contribution in [0, 0.1) is 0 Å². The quantitative estimate of drug-likeness (QED) is 0.799. The highest BCUT2D eigenvalue weighted by Gasteiger charge is 2.05. The number of aromatic nitrogens is 1. The third-order valence-electron chi connectivity index (χ3n) is 2.55. The van der Waals surface area contributed by atoms with Crippen LogP contribution in [0.5, 0.6) is 17.4 Å². The lowest BCUT2D eigenvalue weighted by Gasteiger charge is -2.10. The first-order valence-electron chi connectivity index (χ1n) is 6.17. The normalized spacial score (nSPS) is 10.0. The van der Waals surface area contributed by atoms with Crippen LogP contribution in [0.3, 0.4) is 0 Å². The standard InChI is InChI=1S/C15H17NO3/c1-3-18-15-14(8-5-9-16-15)19-11-12-6-4-7-13(10-12)17-2/h4-10H,3,11H2,1-2H3. The highest BCUT2D eigenvalue weighted by molar-refractivity contribution is 5.33. The number of hydrogen-bond donors (Lipinski definition) is 0. The van der Waals surface area contributed by atoms with Crippen molar-refractivity contribution in [3.05, 3.63) is 48.2 Å². The second kappa shape index (κ2) is 6.64. The SMILES string of the molecule is CCOc1ncccc1OCc1cccc(OC)c1. The molecule has 0 bridgehead atoms. The zero-order valence-electron chi connectivity index (χ0n) is 11.1. The minimum atomic E-state index is 0.447. The molecule has 100 valence electrons. The fourth-order valence-corrected chi connectivity index (χ4v) is 1.65. The highest BCUT2D eigenvalue weighted by atomic mass is 16.5. The summed E-state index contributed by atoms with van der Waals surface area (Å²) < 4.78 is 16.3. The van der Waals surface area contributed by atoms with Gasteiger partial charge in [-0.2, -0.15) is 0 Å². The van der Waals surface area contributed by atoms with Gasteiger partial charge in [0, 0.05) is 6.20 Å². The second-order valence-electron chi connectivity index (χ2n) is 3.88. The molecule has 4 heteroatoms. The van der Waals surface area contributed by atoms with E-state index in [1.807, 2.05) is 43.3 Å². The summed E-state index contributed by atoms with van der Waals surface area (Å²) in [5, 5.41) is 0. The molecule has 0 radical (unpaired) electrons. The Kier molecular flexibility index (Phi) is 4.61. The van der Waals surface area contributed by atoms with E-state index >= 15 is 0 Å². The largest absolute Gasteiger partial charge is 0.497 e. The van der Waals surface area contributed by atoms with Crippen molar-refractivity contribution in [1.29, 1.82) is 0 Å². The van der Waals surface area contributed by atoms with Crippen molar-refractivity contribution in [2.24, 2.45) is 0 Å². The molecule has 0 saturated carbocycles. The van der Waals surface area contributed by atoms with E-state index in [-0.39, 0.29) is 0 Å². The lowest BCUT2D eigenvalue weighted by molar-refractivity contribution is 0.261. The average molecular weight is 259 g/mol. The van der Waals surface area contributed by atoms with Gasteiger partial charge in [0.2, 0.25) is 0 Å². The van der Waals surface area contributed by atoms with E-state index in [1.54, 1.807) is 13.3 Å². The van der Waals surface area contributed by atoms with E-state index in [4.69, 9.17) is 14.2 Å². The monoisotopic (exact) mass is 259 g/mol. The minimum absolute atomic E-state index is 0.447. The Morgan fingerprint density at radius 2 is 2.00 bits per heavy atom. The topological polar surface area (TPSA) is 40.6 Å². The van der Waals surface area contributed by atoms with Crippen LogP contribution >= 0.6 is 0 Å². The molecule has 0 aliphatic rings. The summed E-state index contributed by atoms with van der Waals surface area (Å²) in [5.41, 5.74) is 1.03. The summed E-state index contributed by atoms with van der Waals surface area (Å²) >= 11 is 0. The second-order valence-corrected chi connectivity index (χ2v) is 3.88. The molecule has 0 amide bonds. The Labute approximate surface area is 113 Å². The van der Waals surface area contributed by atoms with Crippen molar-refractivity contribution in [3.63, 3.8) is 0 Å². The Bertz CT molecular complexity index is 528. The van der Waals surface area contributed by atoms with Crippen LogP contribution < -0.4 is 14.2 Å². The van der Waals surface area contributed by atoms with Gasteiger partial charge >= 0.3 is 0 Å². The number of hydrogen-bond acceptors (Lipinski definition) is 4. The zero-order valence-corrected chi connectivity index (χ0v) is 11.1. The summed E-state index contributed by atoms with van der Waals surface area (Å²) in [6.45, 7) is 2.93. The maximum Gasteiger partial charge on any atom is 0.256 e. The van der Waals surface area contributed by atoms with E-state index in [9.17, 15) is 0 Å². The third-order valence-corrected chi connectivity index (χ3v) is 2.55. The predicted octanol–water partition coefficient (Wildman–Crippen LogP) is 3.07. The lowest BCUT2D eigenvalue weighted by Crippen LogP contribution is -2.01. The van der Waals surface area contributed by atoms with Gasteiger partial charge in [0.05, 0.1) is 13.7 Å². The van der Waals surface area contributed by atoms with E-state index in [2.05, 4.69) is 4.98 Å². The van der Waals surface area contributed by atoms with Crippen molar-refractivity contribution in [2.75, 3.05) is 13.7 Å². The van der Waals surface area contributed by atoms with Gasteiger partial charge in [0.15, 0.2) is 5.75 Å². The first-order valence-corrected chi connectivity index (χ1v) is 6.17. The van der Waals surface area contributed by atoms with E-state index in [0.717, 1.165) is 11.3 Å². The Morgan fingerprint density at radius 1 is 1.11 bits per heavy atom. The van der Waals surface area contributed by atoms with Gasteiger partial charge in [0.25, 0.3) is 5.88 Å². The molecule has 1 aromatic heterocycles. The summed E-state index contributed by atoms with van der Waals surface area (Å²) in [6.07, 6.45) is 1.68. The third kappa shape index (κ3) is 3.61. The summed E-state index contributed by atoms with van der Waals surface area (Å²) in [7, 11) is 1.65. The maximum atomic E-state index is 5.73. The van der Waals surface area contributed by atoms with Crippen LogP contribution in [0.4, 0.5) is 0 Å². The van der Waals surface area contributed by atoms with Gasteiger partial charge in [-0.25, -0.2) is 4.98 Å². The number of rotatable bonds is 6. The average Bonchev–Trinajstić information content (AvgIpc) is 2.47. The molecule has 0 spiro atoms. The van der Waals surface area contributed by atoms with Crippen LogP contribution in [-0.2, 0) is 6.61 Å². The summed E-state index contributed by atoms with van der Waals surface area (Å²) in [5.74, 6) is 1.98. The molecule has 2 rings (SSSR count). The molecule has 0 saturated heterocycles. The molecule has 0 N–H and O–H groups in total. The molecule has 0 fully saturated rings. The van der Waals surface area contributed by atoms with Gasteiger partial charge in [-0.15, -0.1) is 0 Å². The molecule has 1 aromatic carbocycles. The number of ether oxygens (including phenoxy) is 3. The smallest absolute Gasteiger partial charge is 0.256 e. The molecule has 0 aliphatic carbocycles. The Morgan fingerprint density at radius 3 is 2.79 bits per heavy atom. The lowest BCUT2D eigenvalue weighted by atomic mass is 10.2. The summed E-state index contributed by atoms with van der Waals surface area (Å²) in [4.78, 5) is 4.14. The van der Waals surface area contributed by atoms with Gasteiger partial charge in [-0.05, 0) is 36.8 Å². The molecule has 1 heterocycles. The van der Waals surface area contributed by atoms with E-state index in [1.165, 1.54) is 0 Å². The van der Waals surface area contributed by atoms with Crippen molar-refractivity contribution >= 4 is 0 Å². The molecule has 0 unspecified atom stereocenters. The molecule has 2 aromatic rings. The molecule has 4 nitrogen and oxygen atoms in total. The van der Waals surface area contributed by atoms with Gasteiger partial charge < -0.3 is 14.2 Å². The van der Waals surface area contributed by atoms with Crippen molar-refractivity contribution in [2.45, 2.75) is 13.5 Å². The van der Waals surface area contributed by atoms with Gasteiger partial charge in [0.1, 0.15) is 12.4 Å². The van der Waals surface area contributed by atoms with Crippen LogP contribution in [0.1, 0.15) is 12.5 Å². The number of pyridine rings is 1. The van der Waals surface area contributed by atoms with Crippen LogP contribution in [0.15, 0.2) is 42.6 Å². The molecular weight excluding hydrogens is 242 g/mol. The molecule has 0 atom stereocenters. The molecule has 0 aliphatic heterocycles. The highest BCUT2D eigenvalue weighted by Crippen LogP contribution is 2.24. The first kappa shape index (κ1) is 13.2. The molecular formula is C15H17NO3. The molecule has 19 heavy (non-hydrogen) atoms. The van der Waals surface area contributed by atoms with E-state index < -0.39 is 0 Å². The Balaban J connectivity index is 2.05. The number of methoxy groups -OCH3 is 1. The Hall–Kier alpha value is -2.23. The minimum Gasteiger partial charge on any atom is -0.497 e. The van der Waals surface area contributed by atoms with Crippen LogP contribution in [0.25, 0.3) is 0 Å². The van der Waals surface area contributed by atoms with E-state index in [0.29, 0.717) is 24.8 Å². The van der Waals surface area contributed by atoms with Gasteiger partial charge in [-0.1, -0.05) is 12.1 Å². The van der Waals surface area contributed by atoms with Crippen molar-refractivity contribution in [1.82, 2.24) is 4.98 Å². The van der Waals surface area contributed by atoms with Gasteiger partial charge in [-0.3, -0.25) is 0 Å². The summed E-state index contributed by atoms with van der Waals surface area (Å²) in [6, 6.07) is 11.4.